The minimum absolute atomic E-state index is 0.256. The molecule has 0 fully saturated rings. The second-order valence-electron chi connectivity index (χ2n) is 4.27. The summed E-state index contributed by atoms with van der Waals surface area (Å²) in [6, 6.07) is 10.5. The Morgan fingerprint density at radius 3 is 2.50 bits per heavy atom. The van der Waals surface area contributed by atoms with Crippen molar-refractivity contribution in [1.29, 1.82) is 0 Å². The molecule has 2 N–H and O–H groups in total. The Morgan fingerprint density at radius 2 is 1.85 bits per heavy atom. The highest BCUT2D eigenvalue weighted by molar-refractivity contribution is 7.99. The second kappa shape index (κ2) is 6.72. The molecule has 1 atom stereocenters. The van der Waals surface area contributed by atoms with Crippen molar-refractivity contribution in [3.8, 4) is 5.75 Å². The monoisotopic (exact) mass is 295 g/mol. The maximum absolute atomic E-state index is 13.5. The molecule has 20 heavy (non-hydrogen) atoms. The Balaban J connectivity index is 2.00. The third-order valence-corrected chi connectivity index (χ3v) is 4.01. The van der Waals surface area contributed by atoms with Gasteiger partial charge >= 0.3 is 0 Å². The predicted molar refractivity (Wildman–Crippen MR) is 77.0 cm³/mol. The normalized spacial score (nSPS) is 12.2. The van der Waals surface area contributed by atoms with E-state index >= 15 is 0 Å². The fraction of sp³-hybridized carbons (Fsp3) is 0.200. The molecule has 0 radical (unpaired) electrons. The van der Waals surface area contributed by atoms with Crippen LogP contribution in [0.5, 0.6) is 5.75 Å². The van der Waals surface area contributed by atoms with E-state index in [1.807, 2.05) is 24.3 Å². The molecule has 2 nitrogen and oxygen atoms in total. The molecule has 0 spiro atoms. The third kappa shape index (κ3) is 3.71. The molecule has 2 aromatic rings. The first kappa shape index (κ1) is 14.8. The minimum Gasteiger partial charge on any atom is -0.497 e. The van der Waals surface area contributed by atoms with Gasteiger partial charge in [-0.3, -0.25) is 0 Å². The smallest absolute Gasteiger partial charge is 0.136 e. The number of halogens is 2. The molecule has 0 aliphatic carbocycles. The van der Waals surface area contributed by atoms with Gasteiger partial charge in [0, 0.05) is 16.7 Å². The van der Waals surface area contributed by atoms with Crippen molar-refractivity contribution in [1.82, 2.24) is 0 Å². The van der Waals surface area contributed by atoms with Crippen molar-refractivity contribution >= 4 is 11.8 Å². The summed E-state index contributed by atoms with van der Waals surface area (Å²) in [7, 11) is 1.59. The molecule has 0 aliphatic heterocycles. The van der Waals surface area contributed by atoms with E-state index < -0.39 is 11.6 Å². The zero-order valence-electron chi connectivity index (χ0n) is 11.0. The van der Waals surface area contributed by atoms with Crippen LogP contribution in [0, 0.1) is 11.6 Å². The number of hydrogen-bond donors (Lipinski definition) is 1. The van der Waals surface area contributed by atoms with Crippen LogP contribution in [0.4, 0.5) is 8.78 Å². The van der Waals surface area contributed by atoms with Gasteiger partial charge in [-0.25, -0.2) is 8.78 Å². The van der Waals surface area contributed by atoms with Gasteiger partial charge in [0.05, 0.1) is 7.11 Å². The van der Waals surface area contributed by atoms with Crippen LogP contribution in [0.2, 0.25) is 0 Å². The topological polar surface area (TPSA) is 35.2 Å². The van der Waals surface area contributed by atoms with Crippen molar-refractivity contribution in [2.24, 2.45) is 5.73 Å². The Morgan fingerprint density at radius 1 is 1.15 bits per heavy atom. The molecule has 2 rings (SSSR count). The fourth-order valence-corrected chi connectivity index (χ4v) is 2.67. The SMILES string of the molecule is COc1ccc(C(N)CSc2cc(F)ccc2F)cc1. The number of nitrogens with two attached hydrogens (primary N) is 1. The molecule has 0 aromatic heterocycles. The van der Waals surface area contributed by atoms with E-state index in [1.54, 1.807) is 7.11 Å². The van der Waals surface area contributed by atoms with Gasteiger partial charge in [-0.15, -0.1) is 11.8 Å². The van der Waals surface area contributed by atoms with E-state index in [4.69, 9.17) is 10.5 Å². The van der Waals surface area contributed by atoms with Gasteiger partial charge in [-0.2, -0.15) is 0 Å². The molecule has 0 aliphatic rings. The number of rotatable bonds is 5. The Hall–Kier alpha value is -1.59. The zero-order valence-corrected chi connectivity index (χ0v) is 11.8. The number of ether oxygens (including phenoxy) is 1. The summed E-state index contributed by atoms with van der Waals surface area (Å²) < 4.78 is 31.6. The first-order valence-electron chi connectivity index (χ1n) is 6.07. The molecular formula is C15H15F2NOS. The lowest BCUT2D eigenvalue weighted by atomic mass is 10.1. The second-order valence-corrected chi connectivity index (χ2v) is 5.33. The number of methoxy groups -OCH3 is 1. The maximum Gasteiger partial charge on any atom is 0.136 e. The number of benzene rings is 2. The van der Waals surface area contributed by atoms with Crippen LogP contribution in [0.1, 0.15) is 11.6 Å². The first-order chi connectivity index (χ1) is 9.60. The average Bonchev–Trinajstić information content (AvgIpc) is 2.48. The van der Waals surface area contributed by atoms with Gasteiger partial charge in [0.25, 0.3) is 0 Å². The quantitative estimate of drug-likeness (QED) is 0.853. The average molecular weight is 295 g/mol. The van der Waals surface area contributed by atoms with E-state index in [9.17, 15) is 8.78 Å². The Bertz CT molecular complexity index is 575. The van der Waals surface area contributed by atoms with Gasteiger partial charge in [0.2, 0.25) is 0 Å². The molecule has 5 heteroatoms. The van der Waals surface area contributed by atoms with Gasteiger partial charge in [0.1, 0.15) is 17.4 Å². The molecule has 0 saturated heterocycles. The molecule has 0 heterocycles. The lowest BCUT2D eigenvalue weighted by molar-refractivity contribution is 0.414. The zero-order chi connectivity index (χ0) is 14.5. The molecule has 1 unspecified atom stereocenters. The van der Waals surface area contributed by atoms with Crippen LogP contribution in [0.3, 0.4) is 0 Å². The van der Waals surface area contributed by atoms with Crippen molar-refractivity contribution in [3.05, 3.63) is 59.7 Å². The van der Waals surface area contributed by atoms with Crippen LogP contribution in [-0.4, -0.2) is 12.9 Å². The highest BCUT2D eigenvalue weighted by Gasteiger charge is 2.10. The molecule has 2 aromatic carbocycles. The summed E-state index contributed by atoms with van der Waals surface area (Å²) >= 11 is 1.20. The maximum atomic E-state index is 13.5. The highest BCUT2D eigenvalue weighted by Crippen LogP contribution is 2.27. The summed E-state index contributed by atoms with van der Waals surface area (Å²) in [5.41, 5.74) is 6.97. The van der Waals surface area contributed by atoms with E-state index in [-0.39, 0.29) is 10.9 Å². The summed E-state index contributed by atoms with van der Waals surface area (Å²) in [6.45, 7) is 0. The minimum atomic E-state index is -0.452. The Kier molecular flexibility index (Phi) is 4.98. The summed E-state index contributed by atoms with van der Waals surface area (Å²) in [5.74, 6) is 0.335. The molecule has 0 saturated carbocycles. The van der Waals surface area contributed by atoms with Gasteiger partial charge in [0.15, 0.2) is 0 Å². The van der Waals surface area contributed by atoms with Gasteiger partial charge < -0.3 is 10.5 Å². The highest BCUT2D eigenvalue weighted by atomic mass is 32.2. The van der Waals surface area contributed by atoms with E-state index in [2.05, 4.69) is 0 Å². The van der Waals surface area contributed by atoms with Crippen LogP contribution < -0.4 is 10.5 Å². The summed E-state index contributed by atoms with van der Waals surface area (Å²) in [4.78, 5) is 0.272. The molecule has 0 bridgehead atoms. The van der Waals surface area contributed by atoms with Crippen molar-refractivity contribution in [2.45, 2.75) is 10.9 Å². The number of hydrogen-bond acceptors (Lipinski definition) is 3. The number of thioether (sulfide) groups is 1. The van der Waals surface area contributed by atoms with E-state index in [0.29, 0.717) is 5.75 Å². The van der Waals surface area contributed by atoms with E-state index in [1.165, 1.54) is 17.8 Å². The predicted octanol–water partition coefficient (Wildman–Crippen LogP) is 3.77. The van der Waals surface area contributed by atoms with Gasteiger partial charge in [-0.1, -0.05) is 12.1 Å². The van der Waals surface area contributed by atoms with Gasteiger partial charge in [-0.05, 0) is 35.9 Å². The first-order valence-corrected chi connectivity index (χ1v) is 7.06. The van der Waals surface area contributed by atoms with Crippen LogP contribution in [0.15, 0.2) is 47.4 Å². The van der Waals surface area contributed by atoms with Crippen LogP contribution in [-0.2, 0) is 0 Å². The molecular weight excluding hydrogens is 280 g/mol. The lowest BCUT2D eigenvalue weighted by Gasteiger charge is -2.12. The fourth-order valence-electron chi connectivity index (χ4n) is 1.71. The summed E-state index contributed by atoms with van der Waals surface area (Å²) in [6.07, 6.45) is 0. The standard InChI is InChI=1S/C15H15F2NOS/c1-19-12-5-2-10(3-6-12)14(18)9-20-15-8-11(16)4-7-13(15)17/h2-8,14H,9,18H2,1H3. The Labute approximate surface area is 120 Å². The van der Waals surface area contributed by atoms with Crippen LogP contribution >= 0.6 is 11.8 Å². The molecule has 106 valence electrons. The lowest BCUT2D eigenvalue weighted by Crippen LogP contribution is -2.12. The molecule has 0 amide bonds. The largest absolute Gasteiger partial charge is 0.497 e. The van der Waals surface area contributed by atoms with Crippen LogP contribution in [0.25, 0.3) is 0 Å². The third-order valence-electron chi connectivity index (χ3n) is 2.86. The van der Waals surface area contributed by atoms with E-state index in [0.717, 1.165) is 23.4 Å². The van der Waals surface area contributed by atoms with Crippen molar-refractivity contribution < 1.29 is 13.5 Å². The van der Waals surface area contributed by atoms with Crippen molar-refractivity contribution in [2.75, 3.05) is 12.9 Å². The summed E-state index contributed by atoms with van der Waals surface area (Å²) in [5, 5.41) is 0. The van der Waals surface area contributed by atoms with Crippen molar-refractivity contribution in [3.63, 3.8) is 0 Å².